The van der Waals surface area contributed by atoms with E-state index in [-0.39, 0.29) is 11.5 Å². The molecule has 0 aromatic carbocycles. The summed E-state index contributed by atoms with van der Waals surface area (Å²) >= 11 is 0. The normalized spacial score (nSPS) is 35.9. The van der Waals surface area contributed by atoms with E-state index < -0.39 is 5.79 Å². The van der Waals surface area contributed by atoms with Crippen molar-refractivity contribution in [2.45, 2.75) is 31.2 Å². The second kappa shape index (κ2) is 3.43. The molecule has 0 bridgehead atoms. The van der Waals surface area contributed by atoms with Crippen LogP contribution >= 0.6 is 0 Å². The molecular formula is C10H18N2O3. The molecule has 5 nitrogen and oxygen atoms in total. The van der Waals surface area contributed by atoms with E-state index in [9.17, 15) is 9.90 Å². The third kappa shape index (κ3) is 1.87. The Morgan fingerprint density at radius 2 is 2.07 bits per heavy atom. The van der Waals surface area contributed by atoms with Gasteiger partial charge in [-0.2, -0.15) is 0 Å². The van der Waals surface area contributed by atoms with Crippen LogP contribution in [-0.2, 0) is 9.53 Å². The zero-order chi connectivity index (χ0) is 11.1. The lowest BCUT2D eigenvalue weighted by atomic mass is 9.89. The summed E-state index contributed by atoms with van der Waals surface area (Å²) in [4.78, 5) is 13.2. The number of aliphatic hydroxyl groups is 1. The maximum absolute atomic E-state index is 11.6. The molecule has 0 aromatic heterocycles. The average molecular weight is 214 g/mol. The van der Waals surface area contributed by atoms with E-state index in [0.717, 1.165) is 25.9 Å². The first-order valence-electron chi connectivity index (χ1n) is 5.34. The fourth-order valence-corrected chi connectivity index (χ4v) is 2.50. The molecule has 1 atom stereocenters. The van der Waals surface area contributed by atoms with E-state index in [1.165, 1.54) is 6.92 Å². The fourth-order valence-electron chi connectivity index (χ4n) is 2.50. The van der Waals surface area contributed by atoms with Crippen molar-refractivity contribution in [3.05, 3.63) is 0 Å². The molecule has 2 fully saturated rings. The van der Waals surface area contributed by atoms with Crippen LogP contribution in [0.25, 0.3) is 0 Å². The zero-order valence-electron chi connectivity index (χ0n) is 9.25. The summed E-state index contributed by atoms with van der Waals surface area (Å²) in [6, 6.07) is 0. The largest absolute Gasteiger partial charge is 0.358 e. The Morgan fingerprint density at radius 1 is 1.47 bits per heavy atom. The lowest BCUT2D eigenvalue weighted by Crippen LogP contribution is -2.65. The molecule has 0 radical (unpaired) electrons. The number of nitrogens with zero attached hydrogens (tertiary/aromatic N) is 1. The zero-order valence-corrected chi connectivity index (χ0v) is 9.25. The van der Waals surface area contributed by atoms with E-state index in [4.69, 9.17) is 4.74 Å². The van der Waals surface area contributed by atoms with Crippen LogP contribution < -0.4 is 5.32 Å². The second-order valence-electron chi connectivity index (χ2n) is 4.68. The van der Waals surface area contributed by atoms with Crippen molar-refractivity contribution in [1.29, 1.82) is 0 Å². The molecular weight excluding hydrogens is 196 g/mol. The maximum Gasteiger partial charge on any atom is 0.282 e. The predicted molar refractivity (Wildman–Crippen MR) is 54.2 cm³/mol. The number of piperidine rings is 1. The molecule has 1 unspecified atom stereocenters. The standard InChI is InChI=1S/C10H18N2O3/c1-9(14)8(13)12(2)7-10(15-9)3-5-11-6-4-10/h11,14H,3-7H2,1-2H3. The molecule has 15 heavy (non-hydrogen) atoms. The van der Waals surface area contributed by atoms with Gasteiger partial charge in [0.25, 0.3) is 5.91 Å². The first-order chi connectivity index (χ1) is 6.95. The van der Waals surface area contributed by atoms with Crippen LogP contribution in [0.15, 0.2) is 0 Å². The Bertz CT molecular complexity index is 272. The van der Waals surface area contributed by atoms with Gasteiger partial charge in [-0.1, -0.05) is 0 Å². The number of ether oxygens (including phenoxy) is 1. The first-order valence-corrected chi connectivity index (χ1v) is 5.34. The molecule has 2 aliphatic rings. The van der Waals surface area contributed by atoms with Crippen LogP contribution in [0.5, 0.6) is 0 Å². The van der Waals surface area contributed by atoms with Crippen molar-refractivity contribution in [3.8, 4) is 0 Å². The second-order valence-corrected chi connectivity index (χ2v) is 4.68. The van der Waals surface area contributed by atoms with E-state index >= 15 is 0 Å². The Hall–Kier alpha value is -0.650. The third-order valence-electron chi connectivity index (χ3n) is 3.20. The molecule has 0 aliphatic carbocycles. The number of hydrogen-bond donors (Lipinski definition) is 2. The lowest BCUT2D eigenvalue weighted by molar-refractivity contribution is -0.280. The Balaban J connectivity index is 2.19. The predicted octanol–water partition coefficient (Wildman–Crippen LogP) is -0.694. The van der Waals surface area contributed by atoms with Crippen molar-refractivity contribution < 1.29 is 14.6 Å². The van der Waals surface area contributed by atoms with E-state index in [0.29, 0.717) is 6.54 Å². The molecule has 2 aliphatic heterocycles. The highest BCUT2D eigenvalue weighted by molar-refractivity contribution is 5.83. The number of hydrogen-bond acceptors (Lipinski definition) is 4. The highest BCUT2D eigenvalue weighted by Gasteiger charge is 2.50. The van der Waals surface area contributed by atoms with Gasteiger partial charge >= 0.3 is 0 Å². The summed E-state index contributed by atoms with van der Waals surface area (Å²) in [5.74, 6) is -2.02. The Kier molecular flexibility index (Phi) is 2.48. The number of carbonyl (C=O) groups is 1. The number of rotatable bonds is 0. The van der Waals surface area contributed by atoms with Gasteiger partial charge in [0.2, 0.25) is 5.79 Å². The number of morpholine rings is 1. The summed E-state index contributed by atoms with van der Waals surface area (Å²) < 4.78 is 5.61. The van der Waals surface area contributed by atoms with Crippen molar-refractivity contribution in [1.82, 2.24) is 10.2 Å². The van der Waals surface area contributed by atoms with E-state index in [1.54, 1.807) is 11.9 Å². The molecule has 2 heterocycles. The molecule has 1 spiro atoms. The smallest absolute Gasteiger partial charge is 0.282 e. The number of carbonyl (C=O) groups excluding carboxylic acids is 1. The van der Waals surface area contributed by atoms with Gasteiger partial charge < -0.3 is 20.1 Å². The van der Waals surface area contributed by atoms with Crippen molar-refractivity contribution >= 4 is 5.91 Å². The summed E-state index contributed by atoms with van der Waals surface area (Å²) in [6.45, 7) is 3.74. The quantitative estimate of drug-likeness (QED) is 0.560. The molecule has 0 aromatic rings. The summed E-state index contributed by atoms with van der Waals surface area (Å²) in [5.41, 5.74) is -0.364. The van der Waals surface area contributed by atoms with Crippen molar-refractivity contribution in [3.63, 3.8) is 0 Å². The van der Waals surface area contributed by atoms with Crippen molar-refractivity contribution in [2.24, 2.45) is 0 Å². The molecule has 1 amide bonds. The van der Waals surface area contributed by atoms with Crippen LogP contribution in [0.1, 0.15) is 19.8 Å². The SMILES string of the molecule is CN1CC2(CCNCC2)OC(C)(O)C1=O. The topological polar surface area (TPSA) is 61.8 Å². The summed E-state index contributed by atoms with van der Waals surface area (Å²) in [7, 11) is 1.71. The monoisotopic (exact) mass is 214 g/mol. The molecule has 0 saturated carbocycles. The minimum atomic E-state index is -1.66. The average Bonchev–Trinajstić information content (AvgIpc) is 2.15. The molecule has 2 rings (SSSR count). The van der Waals surface area contributed by atoms with Gasteiger partial charge in [-0.25, -0.2) is 0 Å². The first kappa shape index (κ1) is 10.9. The van der Waals surface area contributed by atoms with Gasteiger partial charge in [-0.15, -0.1) is 0 Å². The number of nitrogens with one attached hydrogen (secondary N) is 1. The summed E-state index contributed by atoms with van der Waals surface area (Å²) in [5, 5.41) is 13.1. The third-order valence-corrected chi connectivity index (χ3v) is 3.20. The van der Waals surface area contributed by atoms with Gasteiger partial charge in [-0.05, 0) is 32.9 Å². The highest BCUT2D eigenvalue weighted by Crippen LogP contribution is 2.33. The van der Waals surface area contributed by atoms with Crippen LogP contribution in [0.3, 0.4) is 0 Å². The van der Waals surface area contributed by atoms with Crippen LogP contribution in [0, 0.1) is 0 Å². The van der Waals surface area contributed by atoms with E-state index in [2.05, 4.69) is 5.32 Å². The molecule has 86 valence electrons. The minimum Gasteiger partial charge on any atom is -0.358 e. The van der Waals surface area contributed by atoms with Gasteiger partial charge in [0.1, 0.15) is 0 Å². The van der Waals surface area contributed by atoms with Crippen molar-refractivity contribution in [2.75, 3.05) is 26.7 Å². The Labute approximate surface area is 89.4 Å². The number of likely N-dealkylation sites (N-methyl/N-ethyl adjacent to an activating group) is 1. The van der Waals surface area contributed by atoms with Gasteiger partial charge in [-0.3, -0.25) is 4.79 Å². The van der Waals surface area contributed by atoms with Gasteiger partial charge in [0, 0.05) is 13.6 Å². The van der Waals surface area contributed by atoms with E-state index in [1.807, 2.05) is 0 Å². The summed E-state index contributed by atoms with van der Waals surface area (Å²) in [6.07, 6.45) is 1.67. The molecule has 2 saturated heterocycles. The van der Waals surface area contributed by atoms with Gasteiger partial charge in [0.05, 0.1) is 5.60 Å². The van der Waals surface area contributed by atoms with Crippen LogP contribution in [-0.4, -0.2) is 54.0 Å². The lowest BCUT2D eigenvalue weighted by Gasteiger charge is -2.48. The molecule has 5 heteroatoms. The fraction of sp³-hybridized carbons (Fsp3) is 0.900. The Morgan fingerprint density at radius 3 is 2.60 bits per heavy atom. The molecule has 2 N–H and O–H groups in total. The number of amides is 1. The van der Waals surface area contributed by atoms with Crippen LogP contribution in [0.4, 0.5) is 0 Å². The minimum absolute atomic E-state index is 0.355. The van der Waals surface area contributed by atoms with Crippen LogP contribution in [0.2, 0.25) is 0 Å². The van der Waals surface area contributed by atoms with Gasteiger partial charge in [0.15, 0.2) is 0 Å². The maximum atomic E-state index is 11.6. The highest BCUT2D eigenvalue weighted by atomic mass is 16.6.